The Hall–Kier alpha value is -2.41. The maximum Gasteiger partial charge on any atom is 0.332 e. The Morgan fingerprint density at radius 2 is 1.73 bits per heavy atom. The van der Waals surface area contributed by atoms with Crippen molar-refractivity contribution in [2.45, 2.75) is 17.1 Å². The second kappa shape index (κ2) is 5.42. The van der Waals surface area contributed by atoms with Gasteiger partial charge in [0.1, 0.15) is 10.7 Å². The zero-order valence-corrected chi connectivity index (χ0v) is 12.4. The lowest BCUT2D eigenvalue weighted by molar-refractivity contribution is -0.145. The van der Waals surface area contributed by atoms with Gasteiger partial charge in [-0.1, -0.05) is 36.4 Å². The lowest BCUT2D eigenvalue weighted by Gasteiger charge is -2.33. The van der Waals surface area contributed by atoms with Crippen LogP contribution in [0.3, 0.4) is 0 Å². The average molecular weight is 322 g/mol. The molecule has 2 N–H and O–H groups in total. The lowest BCUT2D eigenvalue weighted by atomic mass is 9.79. The molecule has 1 aromatic carbocycles. The number of rotatable bonds is 4. The van der Waals surface area contributed by atoms with Gasteiger partial charge in [-0.05, 0) is 19.1 Å². The van der Waals surface area contributed by atoms with Gasteiger partial charge in [-0.3, -0.25) is 4.79 Å². The fourth-order valence-corrected chi connectivity index (χ4v) is 4.60. The molecule has 6 nitrogen and oxygen atoms in total. The van der Waals surface area contributed by atoms with Gasteiger partial charge in [-0.25, -0.2) is 13.2 Å². The molecule has 0 amide bonds. The summed E-state index contributed by atoms with van der Waals surface area (Å²) in [6.07, 6.45) is 3.58. The first-order valence-electron chi connectivity index (χ1n) is 6.36. The predicted octanol–water partition coefficient (Wildman–Crippen LogP) is 1.50. The number of hydrogen-bond acceptors (Lipinski definition) is 4. The number of carbonyl (C=O) groups is 2. The van der Waals surface area contributed by atoms with Crippen LogP contribution in [0.5, 0.6) is 0 Å². The summed E-state index contributed by atoms with van der Waals surface area (Å²) < 4.78 is 25.6. The molecule has 1 aliphatic rings. The SMILES string of the molecule is CC1(C(=O)O)C=CC=C(C(=O)O)C1S(=O)(=O)c1ccccc1. The average Bonchev–Trinajstić information content (AvgIpc) is 2.47. The first kappa shape index (κ1) is 16.0. The molecule has 1 aliphatic carbocycles. The number of carboxylic acids is 2. The Bertz CT molecular complexity index is 776. The molecule has 0 fully saturated rings. The predicted molar refractivity (Wildman–Crippen MR) is 78.0 cm³/mol. The second-order valence-electron chi connectivity index (χ2n) is 5.11. The maximum atomic E-state index is 12.8. The molecule has 2 rings (SSSR count). The van der Waals surface area contributed by atoms with Gasteiger partial charge in [0.15, 0.2) is 9.84 Å². The summed E-state index contributed by atoms with van der Waals surface area (Å²) in [6, 6.07) is 7.23. The fourth-order valence-electron chi connectivity index (χ4n) is 2.45. The molecule has 2 atom stereocenters. The van der Waals surface area contributed by atoms with Crippen molar-refractivity contribution in [2.24, 2.45) is 5.41 Å². The normalized spacial score (nSPS) is 24.6. The van der Waals surface area contributed by atoms with Gasteiger partial charge >= 0.3 is 11.9 Å². The highest BCUT2D eigenvalue weighted by atomic mass is 32.2. The molecule has 116 valence electrons. The minimum absolute atomic E-state index is 0.116. The molecular weight excluding hydrogens is 308 g/mol. The Kier molecular flexibility index (Phi) is 3.93. The summed E-state index contributed by atoms with van der Waals surface area (Å²) in [5.74, 6) is -2.86. The van der Waals surface area contributed by atoms with Gasteiger partial charge in [0, 0.05) is 0 Å². The van der Waals surface area contributed by atoms with Gasteiger partial charge in [0.05, 0.1) is 10.5 Å². The lowest BCUT2D eigenvalue weighted by Crippen LogP contribution is -2.47. The van der Waals surface area contributed by atoms with E-state index in [0.29, 0.717) is 0 Å². The largest absolute Gasteiger partial charge is 0.481 e. The minimum Gasteiger partial charge on any atom is -0.481 e. The Morgan fingerprint density at radius 1 is 1.14 bits per heavy atom. The fraction of sp³-hybridized carbons (Fsp3) is 0.200. The first-order chi connectivity index (χ1) is 10.2. The summed E-state index contributed by atoms with van der Waals surface area (Å²) >= 11 is 0. The van der Waals surface area contributed by atoms with Crippen LogP contribution in [0.25, 0.3) is 0 Å². The van der Waals surface area contributed by atoms with Crippen molar-refractivity contribution >= 4 is 21.8 Å². The third-order valence-electron chi connectivity index (χ3n) is 3.64. The van der Waals surface area contributed by atoms with E-state index in [1.807, 2.05) is 0 Å². The van der Waals surface area contributed by atoms with Crippen molar-refractivity contribution in [3.05, 3.63) is 54.1 Å². The topological polar surface area (TPSA) is 109 Å². The van der Waals surface area contributed by atoms with Crippen molar-refractivity contribution in [1.29, 1.82) is 0 Å². The van der Waals surface area contributed by atoms with E-state index in [9.17, 15) is 28.2 Å². The number of sulfone groups is 1. The van der Waals surface area contributed by atoms with Crippen LogP contribution in [-0.4, -0.2) is 35.8 Å². The van der Waals surface area contributed by atoms with E-state index < -0.39 is 38.0 Å². The standard InChI is InChI=1S/C15H14O6S/c1-15(14(18)19)9-5-8-11(13(16)17)12(15)22(20,21)10-6-3-2-4-7-10/h2-9,12H,1H3,(H,16,17)(H,18,19). The van der Waals surface area contributed by atoms with Crippen LogP contribution >= 0.6 is 0 Å². The zero-order valence-electron chi connectivity index (χ0n) is 11.6. The molecule has 0 aliphatic heterocycles. The maximum absolute atomic E-state index is 12.8. The quantitative estimate of drug-likeness (QED) is 0.869. The van der Waals surface area contributed by atoms with Crippen molar-refractivity contribution in [2.75, 3.05) is 0 Å². The summed E-state index contributed by atoms with van der Waals surface area (Å²) in [6.45, 7) is 1.20. The number of carboxylic acid groups (broad SMARTS) is 2. The number of aliphatic carboxylic acids is 2. The van der Waals surface area contributed by atoms with Gasteiger partial charge in [-0.2, -0.15) is 0 Å². The van der Waals surface area contributed by atoms with E-state index in [1.165, 1.54) is 43.3 Å². The molecule has 1 aromatic rings. The molecule has 7 heteroatoms. The summed E-state index contributed by atoms with van der Waals surface area (Å²) in [4.78, 5) is 22.9. The molecule has 0 heterocycles. The minimum atomic E-state index is -4.19. The highest BCUT2D eigenvalue weighted by molar-refractivity contribution is 7.92. The molecule has 0 bridgehead atoms. The smallest absolute Gasteiger partial charge is 0.332 e. The van der Waals surface area contributed by atoms with Crippen LogP contribution in [0, 0.1) is 5.41 Å². The Balaban J connectivity index is 2.71. The summed E-state index contributed by atoms with van der Waals surface area (Å²) in [7, 11) is -4.19. The molecule has 0 radical (unpaired) electrons. The van der Waals surface area contributed by atoms with E-state index in [1.54, 1.807) is 6.07 Å². The highest BCUT2D eigenvalue weighted by Gasteiger charge is 2.52. The Labute approximate surface area is 127 Å². The molecule has 0 aromatic heterocycles. The third-order valence-corrected chi connectivity index (χ3v) is 5.93. The van der Waals surface area contributed by atoms with Crippen molar-refractivity contribution in [1.82, 2.24) is 0 Å². The van der Waals surface area contributed by atoms with Gasteiger partial charge in [-0.15, -0.1) is 0 Å². The number of allylic oxidation sites excluding steroid dienone is 2. The molecule has 0 spiro atoms. The third kappa shape index (κ3) is 2.43. The van der Waals surface area contributed by atoms with Crippen LogP contribution in [0.2, 0.25) is 0 Å². The summed E-state index contributed by atoms with van der Waals surface area (Å²) in [5, 5.41) is 17.0. The van der Waals surface area contributed by atoms with Gasteiger partial charge in [0.25, 0.3) is 0 Å². The Morgan fingerprint density at radius 3 is 2.23 bits per heavy atom. The molecular formula is C15H14O6S. The molecule has 2 unspecified atom stereocenters. The number of benzene rings is 1. The van der Waals surface area contributed by atoms with E-state index in [2.05, 4.69) is 0 Å². The molecule has 0 saturated heterocycles. The van der Waals surface area contributed by atoms with Crippen molar-refractivity contribution in [3.8, 4) is 0 Å². The van der Waals surface area contributed by atoms with Crippen LogP contribution < -0.4 is 0 Å². The van der Waals surface area contributed by atoms with Gasteiger partial charge in [0.2, 0.25) is 0 Å². The zero-order chi connectivity index (χ0) is 16.5. The molecule has 22 heavy (non-hydrogen) atoms. The van der Waals surface area contributed by atoms with Crippen LogP contribution in [-0.2, 0) is 19.4 Å². The van der Waals surface area contributed by atoms with Crippen molar-refractivity contribution in [3.63, 3.8) is 0 Å². The van der Waals surface area contributed by atoms with Crippen LogP contribution in [0.4, 0.5) is 0 Å². The van der Waals surface area contributed by atoms with Crippen molar-refractivity contribution < 1.29 is 28.2 Å². The van der Waals surface area contributed by atoms with E-state index in [4.69, 9.17) is 0 Å². The van der Waals surface area contributed by atoms with E-state index >= 15 is 0 Å². The second-order valence-corrected chi connectivity index (χ2v) is 7.15. The monoisotopic (exact) mass is 322 g/mol. The van der Waals surface area contributed by atoms with Crippen LogP contribution in [0.1, 0.15) is 6.92 Å². The van der Waals surface area contributed by atoms with E-state index in [-0.39, 0.29) is 4.90 Å². The van der Waals surface area contributed by atoms with E-state index in [0.717, 1.165) is 6.08 Å². The highest BCUT2D eigenvalue weighted by Crippen LogP contribution is 2.39. The molecule has 0 saturated carbocycles. The number of hydrogen-bond donors (Lipinski definition) is 2. The summed E-state index contributed by atoms with van der Waals surface area (Å²) in [5.41, 5.74) is -2.33. The van der Waals surface area contributed by atoms with Crippen LogP contribution in [0.15, 0.2) is 59.0 Å². The first-order valence-corrected chi connectivity index (χ1v) is 7.91. The van der Waals surface area contributed by atoms with Gasteiger partial charge < -0.3 is 10.2 Å².